The minimum Gasteiger partial charge on any atom is -0.493 e. The molecule has 0 N–H and O–H groups in total. The van der Waals surface area contributed by atoms with E-state index in [0.29, 0.717) is 11.7 Å². The smallest absolute Gasteiger partial charge is 0.375 e. The molecule has 0 aliphatic carbocycles. The van der Waals surface area contributed by atoms with Gasteiger partial charge in [-0.3, -0.25) is 4.79 Å². The Morgan fingerprint density at radius 3 is 2.25 bits per heavy atom. The molecule has 126 valence electrons. The first-order valence-corrected chi connectivity index (χ1v) is 8.03. The molecule has 2 aromatic rings. The average Bonchev–Trinajstić information content (AvgIpc) is 2.61. The molecule has 2 aromatic carbocycles. The quantitative estimate of drug-likeness (QED) is 0.545. The minimum absolute atomic E-state index is 0.000441. The second kappa shape index (κ2) is 8.87. The largest absolute Gasteiger partial charge is 0.493 e. The van der Waals surface area contributed by atoms with Gasteiger partial charge in [-0.05, 0) is 29.2 Å². The number of ether oxygens (including phenoxy) is 2. The van der Waals surface area contributed by atoms with Gasteiger partial charge in [0.25, 0.3) is 0 Å². The van der Waals surface area contributed by atoms with Gasteiger partial charge >= 0.3 is 5.97 Å². The number of carbonyl (C=O) groups excluding carboxylic acids is 2. The molecule has 0 aliphatic rings. The highest BCUT2D eigenvalue weighted by atomic mass is 16.5. The van der Waals surface area contributed by atoms with E-state index in [1.807, 2.05) is 54.6 Å². The molecule has 0 bridgehead atoms. The van der Waals surface area contributed by atoms with Crippen molar-refractivity contribution >= 4 is 11.8 Å². The Labute approximate surface area is 142 Å². The molecule has 0 radical (unpaired) electrons. The van der Waals surface area contributed by atoms with E-state index in [2.05, 4.69) is 13.8 Å². The highest BCUT2D eigenvalue weighted by Crippen LogP contribution is 2.18. The van der Waals surface area contributed by atoms with E-state index in [0.717, 1.165) is 5.56 Å². The zero-order chi connectivity index (χ0) is 17.4. The molecule has 0 saturated carbocycles. The van der Waals surface area contributed by atoms with Crippen molar-refractivity contribution in [1.82, 2.24) is 0 Å². The molecule has 24 heavy (non-hydrogen) atoms. The predicted octanol–water partition coefficient (Wildman–Crippen LogP) is 3.89. The molecule has 0 unspecified atom stereocenters. The van der Waals surface area contributed by atoms with Crippen LogP contribution in [0.3, 0.4) is 0 Å². The van der Waals surface area contributed by atoms with E-state index < -0.39 is 11.8 Å². The molecular formula is C20H22O4. The number of rotatable bonds is 8. The van der Waals surface area contributed by atoms with Crippen LogP contribution in [0.15, 0.2) is 54.6 Å². The van der Waals surface area contributed by atoms with Crippen LogP contribution in [0.25, 0.3) is 0 Å². The van der Waals surface area contributed by atoms with Gasteiger partial charge in [-0.25, -0.2) is 4.79 Å². The molecule has 0 aromatic heterocycles. The summed E-state index contributed by atoms with van der Waals surface area (Å²) in [4.78, 5) is 23.4. The zero-order valence-electron chi connectivity index (χ0n) is 14.0. The van der Waals surface area contributed by atoms with Gasteiger partial charge in [0, 0.05) is 0 Å². The number of esters is 1. The highest BCUT2D eigenvalue weighted by Gasteiger charge is 2.15. The van der Waals surface area contributed by atoms with Crippen LogP contribution in [-0.4, -0.2) is 18.4 Å². The Bertz CT molecular complexity index is 660. The van der Waals surface area contributed by atoms with Crippen LogP contribution in [0.1, 0.15) is 37.3 Å². The number of hydrogen-bond acceptors (Lipinski definition) is 4. The van der Waals surface area contributed by atoms with Crippen LogP contribution in [0.2, 0.25) is 0 Å². The van der Waals surface area contributed by atoms with Gasteiger partial charge in [0.05, 0.1) is 13.0 Å². The first-order valence-electron chi connectivity index (χ1n) is 8.03. The molecule has 0 saturated heterocycles. The standard InChI is InChI=1S/C20H22O4/c1-15(2)17-8-10-18(11-9-17)23-13-12-19(21)20(22)24-14-16-6-4-3-5-7-16/h3-11,15H,12-14H2,1-2H3. The van der Waals surface area contributed by atoms with E-state index in [1.54, 1.807) is 0 Å². The normalized spacial score (nSPS) is 10.5. The van der Waals surface area contributed by atoms with Crippen molar-refractivity contribution in [3.05, 3.63) is 65.7 Å². The van der Waals surface area contributed by atoms with Crippen molar-refractivity contribution in [2.45, 2.75) is 32.8 Å². The Kier molecular flexibility index (Phi) is 6.55. The minimum atomic E-state index is -0.822. The molecule has 0 spiro atoms. The zero-order valence-corrected chi connectivity index (χ0v) is 14.0. The number of ketones is 1. The second-order valence-corrected chi connectivity index (χ2v) is 5.81. The molecule has 4 heteroatoms. The molecular weight excluding hydrogens is 304 g/mol. The Balaban J connectivity index is 1.71. The Morgan fingerprint density at radius 2 is 1.62 bits per heavy atom. The van der Waals surface area contributed by atoms with Gasteiger partial charge in [-0.2, -0.15) is 0 Å². The predicted molar refractivity (Wildman–Crippen MR) is 91.9 cm³/mol. The van der Waals surface area contributed by atoms with Crippen LogP contribution in [0, 0.1) is 0 Å². The number of benzene rings is 2. The summed E-state index contributed by atoms with van der Waals surface area (Å²) in [5.74, 6) is -0.257. The maximum atomic E-state index is 11.7. The monoisotopic (exact) mass is 326 g/mol. The Hall–Kier alpha value is -2.62. The Morgan fingerprint density at radius 1 is 0.958 bits per heavy atom. The summed E-state index contributed by atoms with van der Waals surface area (Å²) in [6.07, 6.45) is -0.000441. The van der Waals surface area contributed by atoms with Gasteiger partial charge in [0.1, 0.15) is 12.4 Å². The van der Waals surface area contributed by atoms with E-state index >= 15 is 0 Å². The SMILES string of the molecule is CC(C)c1ccc(OCCC(=O)C(=O)OCc2ccccc2)cc1. The first kappa shape index (κ1) is 17.7. The summed E-state index contributed by atoms with van der Waals surface area (Å²) < 4.78 is 10.5. The van der Waals surface area contributed by atoms with Crippen molar-refractivity contribution in [1.29, 1.82) is 0 Å². The van der Waals surface area contributed by atoms with Crippen molar-refractivity contribution in [2.24, 2.45) is 0 Å². The van der Waals surface area contributed by atoms with Crippen molar-refractivity contribution < 1.29 is 19.1 Å². The third-order valence-corrected chi connectivity index (χ3v) is 3.59. The molecule has 4 nitrogen and oxygen atoms in total. The van der Waals surface area contributed by atoms with E-state index in [4.69, 9.17) is 9.47 Å². The fourth-order valence-corrected chi connectivity index (χ4v) is 2.12. The fraction of sp³-hybridized carbons (Fsp3) is 0.300. The van der Waals surface area contributed by atoms with Gasteiger partial charge in [0.15, 0.2) is 0 Å². The van der Waals surface area contributed by atoms with Gasteiger partial charge in [-0.1, -0.05) is 56.3 Å². The molecule has 0 atom stereocenters. The molecule has 0 amide bonds. The topological polar surface area (TPSA) is 52.6 Å². The van der Waals surface area contributed by atoms with E-state index in [9.17, 15) is 9.59 Å². The van der Waals surface area contributed by atoms with Crippen LogP contribution in [0.5, 0.6) is 5.75 Å². The van der Waals surface area contributed by atoms with E-state index in [-0.39, 0.29) is 19.6 Å². The molecule has 0 aliphatic heterocycles. The third kappa shape index (κ3) is 5.54. The van der Waals surface area contributed by atoms with Gasteiger partial charge in [-0.15, -0.1) is 0 Å². The maximum Gasteiger partial charge on any atom is 0.375 e. The summed E-state index contributed by atoms with van der Waals surface area (Å²) in [6, 6.07) is 17.0. The van der Waals surface area contributed by atoms with Crippen molar-refractivity contribution in [3.8, 4) is 5.75 Å². The summed E-state index contributed by atoms with van der Waals surface area (Å²) in [5, 5.41) is 0. The lowest BCUT2D eigenvalue weighted by molar-refractivity contribution is -0.155. The first-order chi connectivity index (χ1) is 11.6. The summed E-state index contributed by atoms with van der Waals surface area (Å²) in [6.45, 7) is 4.49. The number of carbonyl (C=O) groups is 2. The lowest BCUT2D eigenvalue weighted by atomic mass is 10.0. The third-order valence-electron chi connectivity index (χ3n) is 3.59. The van der Waals surface area contributed by atoms with Gasteiger partial charge < -0.3 is 9.47 Å². The summed E-state index contributed by atoms with van der Waals surface area (Å²) in [5.41, 5.74) is 2.07. The summed E-state index contributed by atoms with van der Waals surface area (Å²) >= 11 is 0. The second-order valence-electron chi connectivity index (χ2n) is 5.81. The van der Waals surface area contributed by atoms with E-state index in [1.165, 1.54) is 5.56 Å². The lowest BCUT2D eigenvalue weighted by Gasteiger charge is -2.08. The number of hydrogen-bond donors (Lipinski definition) is 0. The number of Topliss-reactive ketones (excluding diaryl/α,β-unsaturated/α-hetero) is 1. The maximum absolute atomic E-state index is 11.7. The molecule has 0 heterocycles. The average molecular weight is 326 g/mol. The van der Waals surface area contributed by atoms with Crippen LogP contribution in [-0.2, 0) is 20.9 Å². The van der Waals surface area contributed by atoms with Crippen LogP contribution < -0.4 is 4.74 Å². The molecule has 0 fully saturated rings. The lowest BCUT2D eigenvalue weighted by Crippen LogP contribution is -2.19. The highest BCUT2D eigenvalue weighted by molar-refractivity contribution is 6.33. The summed E-state index contributed by atoms with van der Waals surface area (Å²) in [7, 11) is 0. The molecule has 2 rings (SSSR count). The van der Waals surface area contributed by atoms with Crippen LogP contribution >= 0.6 is 0 Å². The van der Waals surface area contributed by atoms with Gasteiger partial charge in [0.2, 0.25) is 5.78 Å². The van der Waals surface area contributed by atoms with Crippen molar-refractivity contribution in [2.75, 3.05) is 6.61 Å². The van der Waals surface area contributed by atoms with Crippen LogP contribution in [0.4, 0.5) is 0 Å². The fourth-order valence-electron chi connectivity index (χ4n) is 2.12. The van der Waals surface area contributed by atoms with Crippen molar-refractivity contribution in [3.63, 3.8) is 0 Å².